The first-order valence-electron chi connectivity index (χ1n) is 12.4. The van der Waals surface area contributed by atoms with Gasteiger partial charge < -0.3 is 9.84 Å². The van der Waals surface area contributed by atoms with Gasteiger partial charge in [0.25, 0.3) is 0 Å². The summed E-state index contributed by atoms with van der Waals surface area (Å²) in [4.78, 5) is 16.5. The van der Waals surface area contributed by atoms with Gasteiger partial charge in [-0.2, -0.15) is 0 Å². The van der Waals surface area contributed by atoms with E-state index in [0.717, 1.165) is 70.3 Å². The standard InChI is InChI=1S/C30H28I3NO3/c1-19-12-13-34(18-19)14-15-37-23-9-6-20(7-10-23)28-24-11-8-22(35)16-21(24)17-26(28)29(36)25-4-2-3-5-27(25)30(31,32)33/h2-11,16,19,35H,12-15,17-18H2,1H3/t19-/m0/s1. The van der Waals surface area contributed by atoms with Gasteiger partial charge in [-0.1, -0.05) is 49.4 Å². The predicted octanol–water partition coefficient (Wildman–Crippen LogP) is 7.77. The third kappa shape index (κ3) is 6.19. The zero-order chi connectivity index (χ0) is 26.2. The molecule has 1 saturated heterocycles. The second-order valence-corrected chi connectivity index (χ2v) is 20.9. The topological polar surface area (TPSA) is 49.8 Å². The maximum atomic E-state index is 14.0. The highest BCUT2D eigenvalue weighted by atomic mass is 127. The van der Waals surface area contributed by atoms with Gasteiger partial charge in [-0.05, 0) is 139 Å². The van der Waals surface area contributed by atoms with E-state index in [0.29, 0.717) is 13.0 Å². The minimum atomic E-state index is -0.240. The first-order chi connectivity index (χ1) is 17.7. The fourth-order valence-corrected chi connectivity index (χ4v) is 6.68. The van der Waals surface area contributed by atoms with Crippen molar-refractivity contribution in [3.05, 3.63) is 100 Å². The molecule has 3 aromatic rings. The Morgan fingerprint density at radius 1 is 1.08 bits per heavy atom. The number of ether oxygens (including phenoxy) is 1. The van der Waals surface area contributed by atoms with Gasteiger partial charge in [-0.3, -0.25) is 9.69 Å². The normalized spacial score (nSPS) is 17.8. The summed E-state index contributed by atoms with van der Waals surface area (Å²) in [6, 6.07) is 21.3. The Morgan fingerprint density at radius 3 is 2.54 bits per heavy atom. The number of fused-ring (bicyclic) bond motifs is 1. The molecule has 0 radical (unpaired) electrons. The number of Topliss-reactive ketones (excluding diaryl/α,β-unsaturated/α-hetero) is 1. The zero-order valence-corrected chi connectivity index (χ0v) is 27.0. The van der Waals surface area contributed by atoms with Gasteiger partial charge in [0.05, 0.1) is 0 Å². The number of hydrogen-bond acceptors (Lipinski definition) is 4. The number of carbonyl (C=O) groups excluding carboxylic acids is 1. The number of benzene rings is 3. The van der Waals surface area contributed by atoms with Crippen LogP contribution in [0.5, 0.6) is 11.5 Å². The van der Waals surface area contributed by atoms with Crippen LogP contribution in [0.2, 0.25) is 0 Å². The zero-order valence-electron chi connectivity index (χ0n) is 20.5. The number of likely N-dealkylation sites (tertiary alicyclic amines) is 1. The average Bonchev–Trinajstić information content (AvgIpc) is 3.46. The van der Waals surface area contributed by atoms with Crippen LogP contribution in [0.1, 0.15) is 46.0 Å². The Bertz CT molecular complexity index is 1340. The van der Waals surface area contributed by atoms with Crippen LogP contribution in [0.15, 0.2) is 72.3 Å². The van der Waals surface area contributed by atoms with Crippen molar-refractivity contribution in [2.24, 2.45) is 5.92 Å². The minimum absolute atomic E-state index is 0.0378. The Labute approximate surface area is 259 Å². The number of allylic oxidation sites excluding steroid dienone is 1. The molecule has 1 heterocycles. The molecule has 2 aliphatic rings. The number of phenols is 1. The highest BCUT2D eigenvalue weighted by Gasteiger charge is 2.32. The maximum Gasteiger partial charge on any atom is 0.190 e. The molecule has 0 saturated carbocycles. The molecule has 0 amide bonds. The summed E-state index contributed by atoms with van der Waals surface area (Å²) in [5.41, 5.74) is 6.38. The van der Waals surface area contributed by atoms with Crippen molar-refractivity contribution in [3.63, 3.8) is 0 Å². The highest BCUT2D eigenvalue weighted by molar-refractivity contribution is 14.3. The number of hydrogen-bond donors (Lipinski definition) is 1. The molecule has 192 valence electrons. The van der Waals surface area contributed by atoms with E-state index in [1.807, 2.05) is 54.6 Å². The van der Waals surface area contributed by atoms with E-state index in [1.165, 1.54) is 6.42 Å². The van der Waals surface area contributed by atoms with Crippen molar-refractivity contribution in [3.8, 4) is 11.5 Å². The van der Waals surface area contributed by atoms with E-state index in [9.17, 15) is 9.90 Å². The second-order valence-electron chi connectivity index (χ2n) is 9.81. The largest absolute Gasteiger partial charge is 0.508 e. The molecule has 0 unspecified atom stereocenters. The fraction of sp³-hybridized carbons (Fsp3) is 0.300. The Hall–Kier alpha value is -1.18. The van der Waals surface area contributed by atoms with Crippen molar-refractivity contribution < 1.29 is 14.6 Å². The van der Waals surface area contributed by atoms with Gasteiger partial charge in [0.15, 0.2) is 5.78 Å². The van der Waals surface area contributed by atoms with Crippen molar-refractivity contribution in [2.45, 2.75) is 19.2 Å². The lowest BCUT2D eigenvalue weighted by Crippen LogP contribution is -2.25. The molecule has 1 aliphatic carbocycles. The second kappa shape index (κ2) is 11.5. The lowest BCUT2D eigenvalue weighted by atomic mass is 9.92. The van der Waals surface area contributed by atoms with Crippen LogP contribution in [0.4, 0.5) is 0 Å². The van der Waals surface area contributed by atoms with Crippen LogP contribution in [0, 0.1) is 5.92 Å². The minimum Gasteiger partial charge on any atom is -0.508 e. The summed E-state index contributed by atoms with van der Waals surface area (Å²) in [5, 5.41) is 10.1. The molecule has 0 spiro atoms. The third-order valence-electron chi connectivity index (χ3n) is 7.11. The molecule has 4 nitrogen and oxygen atoms in total. The van der Waals surface area contributed by atoms with Crippen LogP contribution >= 0.6 is 67.8 Å². The number of nitrogens with zero attached hydrogens (tertiary/aromatic N) is 1. The number of ketones is 1. The van der Waals surface area contributed by atoms with Gasteiger partial charge in [-0.25, -0.2) is 0 Å². The van der Waals surface area contributed by atoms with Gasteiger partial charge in [0.1, 0.15) is 17.5 Å². The van der Waals surface area contributed by atoms with Gasteiger partial charge in [0, 0.05) is 30.6 Å². The first kappa shape index (κ1) is 27.4. The van der Waals surface area contributed by atoms with Gasteiger partial charge >= 0.3 is 0 Å². The molecule has 7 heteroatoms. The molecule has 0 aromatic heterocycles. The SMILES string of the molecule is C[C@H]1CCN(CCOc2ccc(C3=C(C(=O)c4ccccc4C(I)(I)I)Cc4cc(O)ccc43)cc2)C1. The molecule has 1 N–H and O–H groups in total. The summed E-state index contributed by atoms with van der Waals surface area (Å²) in [7, 11) is 0. The summed E-state index contributed by atoms with van der Waals surface area (Å²) in [5.74, 6) is 1.86. The number of rotatable bonds is 8. The molecule has 37 heavy (non-hydrogen) atoms. The molecule has 3 aromatic carbocycles. The van der Waals surface area contributed by atoms with E-state index in [4.69, 9.17) is 4.74 Å². The van der Waals surface area contributed by atoms with Crippen LogP contribution < -0.4 is 4.74 Å². The Kier molecular flexibility index (Phi) is 8.52. The van der Waals surface area contributed by atoms with Crippen molar-refractivity contribution in [1.82, 2.24) is 4.90 Å². The van der Waals surface area contributed by atoms with Crippen LogP contribution in [0.3, 0.4) is 0 Å². The molecule has 5 rings (SSSR count). The number of alkyl halides is 3. The first-order valence-corrected chi connectivity index (χ1v) is 15.7. The van der Waals surface area contributed by atoms with Crippen LogP contribution in [-0.2, 0) is 5.86 Å². The van der Waals surface area contributed by atoms with E-state index in [2.05, 4.69) is 79.6 Å². The summed E-state index contributed by atoms with van der Waals surface area (Å²) >= 11 is 7.11. The molecule has 1 atom stereocenters. The van der Waals surface area contributed by atoms with Crippen molar-refractivity contribution in [1.29, 1.82) is 0 Å². The maximum absolute atomic E-state index is 14.0. The average molecular weight is 831 g/mol. The molecule has 1 fully saturated rings. The van der Waals surface area contributed by atoms with E-state index < -0.39 is 0 Å². The van der Waals surface area contributed by atoms with Crippen LogP contribution in [0.25, 0.3) is 5.57 Å². The monoisotopic (exact) mass is 831 g/mol. The third-order valence-corrected chi connectivity index (χ3v) is 8.85. The van der Waals surface area contributed by atoms with E-state index in [1.54, 1.807) is 12.1 Å². The Morgan fingerprint density at radius 2 is 1.84 bits per heavy atom. The molecule has 0 bridgehead atoms. The predicted molar refractivity (Wildman–Crippen MR) is 175 cm³/mol. The molecular weight excluding hydrogens is 803 g/mol. The van der Waals surface area contributed by atoms with Gasteiger partial charge in [-0.15, -0.1) is 0 Å². The lowest BCUT2D eigenvalue weighted by Gasteiger charge is -2.18. The van der Waals surface area contributed by atoms with Crippen LogP contribution in [-0.4, -0.2) is 42.0 Å². The number of aromatic hydroxyl groups is 1. The highest BCUT2D eigenvalue weighted by Crippen LogP contribution is 2.48. The summed E-state index contributed by atoms with van der Waals surface area (Å²) in [6.07, 6.45) is 1.76. The number of phenolic OH excluding ortho intramolecular Hbond substituents is 1. The van der Waals surface area contributed by atoms with E-state index in [-0.39, 0.29) is 11.0 Å². The Balaban J connectivity index is 1.45. The quantitative estimate of drug-likeness (QED) is 0.143. The van der Waals surface area contributed by atoms with Crippen molar-refractivity contribution >= 4 is 79.1 Å². The smallest absolute Gasteiger partial charge is 0.190 e. The van der Waals surface area contributed by atoms with Gasteiger partial charge in [0.2, 0.25) is 0 Å². The van der Waals surface area contributed by atoms with E-state index >= 15 is 0 Å². The lowest BCUT2D eigenvalue weighted by molar-refractivity contribution is 0.103. The fourth-order valence-electron chi connectivity index (χ4n) is 5.27. The number of halogens is 3. The van der Waals surface area contributed by atoms with Crippen molar-refractivity contribution in [2.75, 3.05) is 26.2 Å². The number of carbonyl (C=O) groups is 1. The summed E-state index contributed by atoms with van der Waals surface area (Å²) in [6.45, 7) is 6.22. The summed E-state index contributed by atoms with van der Waals surface area (Å²) < 4.78 is 5.80. The molecule has 1 aliphatic heterocycles. The molecular formula is C30H28I3NO3.